The van der Waals surface area contributed by atoms with Crippen LogP contribution in [0.1, 0.15) is 21.5 Å². The van der Waals surface area contributed by atoms with E-state index in [-0.39, 0.29) is 18.3 Å². The van der Waals surface area contributed by atoms with Gasteiger partial charge in [-0.3, -0.25) is 4.79 Å². The molecule has 0 bridgehead atoms. The molecule has 0 aliphatic rings. The van der Waals surface area contributed by atoms with Crippen LogP contribution in [-0.4, -0.2) is 12.1 Å². The fourth-order valence-corrected chi connectivity index (χ4v) is 2.44. The molecule has 136 valence electrons. The first kappa shape index (κ1) is 18.6. The predicted octanol–water partition coefficient (Wildman–Crippen LogP) is 4.82. The van der Waals surface area contributed by atoms with E-state index in [0.717, 1.165) is 0 Å². The lowest BCUT2D eigenvalue weighted by molar-refractivity contribution is 0.0955. The Hall–Kier alpha value is -3.18. The first-order valence-corrected chi connectivity index (χ1v) is 8.55. The summed E-state index contributed by atoms with van der Waals surface area (Å²) in [7, 11) is 0. The highest BCUT2D eigenvalue weighted by Gasteiger charge is 2.06. The van der Waals surface area contributed by atoms with Gasteiger partial charge in [-0.2, -0.15) is 5.10 Å². The highest BCUT2D eigenvalue weighted by Crippen LogP contribution is 2.18. The van der Waals surface area contributed by atoms with Crippen molar-refractivity contribution < 1.29 is 13.9 Å². The molecule has 27 heavy (non-hydrogen) atoms. The maximum absolute atomic E-state index is 13.7. The van der Waals surface area contributed by atoms with Gasteiger partial charge in [-0.15, -0.1) is 0 Å². The van der Waals surface area contributed by atoms with Gasteiger partial charge in [0.2, 0.25) is 0 Å². The molecule has 0 saturated heterocycles. The molecule has 3 aromatic carbocycles. The van der Waals surface area contributed by atoms with E-state index in [1.165, 1.54) is 12.3 Å². The minimum Gasteiger partial charge on any atom is -0.488 e. The minimum atomic E-state index is -0.354. The van der Waals surface area contributed by atoms with Crippen molar-refractivity contribution >= 4 is 23.7 Å². The standard InChI is InChI=1S/C21H16ClFN2O2/c22-18-11-9-15(10-12-18)21(26)25-24-13-16-5-2-4-8-20(16)27-14-17-6-1-3-7-19(17)23/h1-13H,14H2,(H,25,26)/b24-13+. The number of hydrogen-bond acceptors (Lipinski definition) is 3. The first-order valence-electron chi connectivity index (χ1n) is 8.17. The van der Waals surface area contributed by atoms with E-state index in [1.807, 2.05) is 6.07 Å². The zero-order valence-corrected chi connectivity index (χ0v) is 15.0. The number of hydrazone groups is 1. The summed E-state index contributed by atoms with van der Waals surface area (Å²) in [6.07, 6.45) is 1.48. The molecule has 3 aromatic rings. The molecule has 0 atom stereocenters. The zero-order chi connectivity index (χ0) is 19.1. The Morgan fingerprint density at radius 3 is 2.52 bits per heavy atom. The summed E-state index contributed by atoms with van der Waals surface area (Å²) in [4.78, 5) is 12.0. The van der Waals surface area contributed by atoms with Gasteiger partial charge in [0.15, 0.2) is 0 Å². The Morgan fingerprint density at radius 1 is 1.04 bits per heavy atom. The molecule has 6 heteroatoms. The number of ether oxygens (including phenoxy) is 1. The van der Waals surface area contributed by atoms with Crippen molar-refractivity contribution in [3.63, 3.8) is 0 Å². The van der Waals surface area contributed by atoms with E-state index < -0.39 is 0 Å². The zero-order valence-electron chi connectivity index (χ0n) is 14.2. The summed E-state index contributed by atoms with van der Waals surface area (Å²) in [5.41, 5.74) is 4.01. The molecular weight excluding hydrogens is 367 g/mol. The molecule has 0 fully saturated rings. The molecule has 3 rings (SSSR count). The summed E-state index contributed by atoms with van der Waals surface area (Å²) in [5, 5.41) is 4.51. The SMILES string of the molecule is O=C(N/N=C/c1ccccc1OCc1ccccc1F)c1ccc(Cl)cc1. The number of para-hydroxylation sites is 1. The largest absolute Gasteiger partial charge is 0.488 e. The maximum Gasteiger partial charge on any atom is 0.271 e. The fourth-order valence-electron chi connectivity index (χ4n) is 2.32. The molecule has 4 nitrogen and oxygen atoms in total. The lowest BCUT2D eigenvalue weighted by atomic mass is 10.2. The molecule has 0 spiro atoms. The molecule has 0 heterocycles. The summed E-state index contributed by atoms with van der Waals surface area (Å²) >= 11 is 5.80. The van der Waals surface area contributed by atoms with Crippen LogP contribution in [0, 0.1) is 5.82 Å². The Morgan fingerprint density at radius 2 is 1.74 bits per heavy atom. The molecule has 0 unspecified atom stereocenters. The molecule has 1 N–H and O–H groups in total. The maximum atomic E-state index is 13.7. The second-order valence-corrected chi connectivity index (χ2v) is 6.06. The van der Waals surface area contributed by atoms with Crippen LogP contribution in [0.2, 0.25) is 5.02 Å². The van der Waals surface area contributed by atoms with E-state index >= 15 is 0 Å². The number of nitrogens with one attached hydrogen (secondary N) is 1. The summed E-state index contributed by atoms with van der Waals surface area (Å²) in [6.45, 7) is 0.0919. The van der Waals surface area contributed by atoms with Gasteiger partial charge in [0, 0.05) is 21.7 Å². The molecule has 0 aliphatic carbocycles. The van der Waals surface area contributed by atoms with Gasteiger partial charge in [-0.25, -0.2) is 9.82 Å². The third-order valence-electron chi connectivity index (χ3n) is 3.74. The van der Waals surface area contributed by atoms with Crippen LogP contribution in [0.15, 0.2) is 77.9 Å². The van der Waals surface area contributed by atoms with Crippen molar-refractivity contribution in [2.45, 2.75) is 6.61 Å². The highest BCUT2D eigenvalue weighted by atomic mass is 35.5. The van der Waals surface area contributed by atoms with Gasteiger partial charge in [-0.1, -0.05) is 41.9 Å². The van der Waals surface area contributed by atoms with Crippen LogP contribution in [-0.2, 0) is 6.61 Å². The van der Waals surface area contributed by atoms with Crippen molar-refractivity contribution in [2.75, 3.05) is 0 Å². The second kappa shape index (κ2) is 8.96. The van der Waals surface area contributed by atoms with Gasteiger partial charge in [0.25, 0.3) is 5.91 Å². The Kier molecular flexibility index (Phi) is 6.18. The number of nitrogens with zero attached hydrogens (tertiary/aromatic N) is 1. The normalized spacial score (nSPS) is 10.7. The average Bonchev–Trinajstić information content (AvgIpc) is 2.69. The van der Waals surface area contributed by atoms with Crippen LogP contribution in [0.3, 0.4) is 0 Å². The number of halogens is 2. The van der Waals surface area contributed by atoms with Gasteiger partial charge < -0.3 is 4.74 Å². The number of benzene rings is 3. The van der Waals surface area contributed by atoms with Crippen molar-refractivity contribution in [3.05, 3.63) is 100 Å². The number of carbonyl (C=O) groups excluding carboxylic acids is 1. The minimum absolute atomic E-state index is 0.0919. The molecular formula is C21H16ClFN2O2. The lowest BCUT2D eigenvalue weighted by Crippen LogP contribution is -2.17. The summed E-state index contributed by atoms with van der Waals surface area (Å²) in [5.74, 6) is -0.142. The molecule has 0 aliphatic heterocycles. The van der Waals surface area contributed by atoms with E-state index in [2.05, 4.69) is 10.5 Å². The Bertz CT molecular complexity index is 958. The van der Waals surface area contributed by atoms with Crippen LogP contribution in [0.5, 0.6) is 5.75 Å². The Labute approximate surface area is 161 Å². The van der Waals surface area contributed by atoms with Gasteiger partial charge >= 0.3 is 0 Å². The predicted molar refractivity (Wildman–Crippen MR) is 104 cm³/mol. The van der Waals surface area contributed by atoms with Gasteiger partial charge in [0.1, 0.15) is 18.2 Å². The Balaban J connectivity index is 1.65. The van der Waals surface area contributed by atoms with Crippen LogP contribution < -0.4 is 10.2 Å². The van der Waals surface area contributed by atoms with E-state index in [4.69, 9.17) is 16.3 Å². The molecule has 0 radical (unpaired) electrons. The second-order valence-electron chi connectivity index (χ2n) is 5.62. The van der Waals surface area contributed by atoms with Crippen molar-refractivity contribution in [1.82, 2.24) is 5.43 Å². The third-order valence-corrected chi connectivity index (χ3v) is 3.99. The average molecular weight is 383 g/mol. The topological polar surface area (TPSA) is 50.7 Å². The highest BCUT2D eigenvalue weighted by molar-refractivity contribution is 6.30. The summed E-state index contributed by atoms with van der Waals surface area (Å²) in [6, 6.07) is 20.1. The number of rotatable bonds is 6. The van der Waals surface area contributed by atoms with E-state index in [1.54, 1.807) is 60.7 Å². The quantitative estimate of drug-likeness (QED) is 0.490. The van der Waals surface area contributed by atoms with Gasteiger partial charge in [-0.05, 0) is 42.5 Å². The third kappa shape index (κ3) is 5.15. The van der Waals surface area contributed by atoms with Crippen LogP contribution in [0.25, 0.3) is 0 Å². The van der Waals surface area contributed by atoms with E-state index in [0.29, 0.717) is 27.5 Å². The summed E-state index contributed by atoms with van der Waals surface area (Å²) < 4.78 is 19.4. The number of hydrogen-bond donors (Lipinski definition) is 1. The lowest BCUT2D eigenvalue weighted by Gasteiger charge is -2.09. The van der Waals surface area contributed by atoms with Crippen molar-refractivity contribution in [3.8, 4) is 5.75 Å². The van der Waals surface area contributed by atoms with E-state index in [9.17, 15) is 9.18 Å². The van der Waals surface area contributed by atoms with Crippen molar-refractivity contribution in [2.24, 2.45) is 5.10 Å². The number of carbonyl (C=O) groups is 1. The number of amides is 1. The van der Waals surface area contributed by atoms with Gasteiger partial charge in [0.05, 0.1) is 6.21 Å². The smallest absolute Gasteiger partial charge is 0.271 e. The monoisotopic (exact) mass is 382 g/mol. The first-order chi connectivity index (χ1) is 13.1. The van der Waals surface area contributed by atoms with Crippen LogP contribution >= 0.6 is 11.6 Å². The molecule has 0 aromatic heterocycles. The fraction of sp³-hybridized carbons (Fsp3) is 0.0476. The molecule has 0 saturated carbocycles. The van der Waals surface area contributed by atoms with Crippen molar-refractivity contribution in [1.29, 1.82) is 0 Å². The van der Waals surface area contributed by atoms with Crippen LogP contribution in [0.4, 0.5) is 4.39 Å². The molecule has 1 amide bonds.